The number of fused-ring (bicyclic) bond motifs is 2. The van der Waals surface area contributed by atoms with Crippen molar-refractivity contribution < 1.29 is 9.64 Å². The lowest BCUT2D eigenvalue weighted by molar-refractivity contribution is -0.858. The fraction of sp³-hybridized carbons (Fsp3) is 1.00. The fourth-order valence-electron chi connectivity index (χ4n) is 3.79. The Morgan fingerprint density at radius 1 is 1.25 bits per heavy atom. The first-order valence-electron chi connectivity index (χ1n) is 6.78. The normalized spacial score (nSPS) is 40.9. The predicted octanol–water partition coefficient (Wildman–Crippen LogP) is 1.36. The number of hydrogen-bond acceptors (Lipinski definition) is 1. The standard InChI is InChI=1S/C14H27NO/c1-13(2)11-6-7-14(13,3)12(10-11)16-9-8-15(4)5/h11-12H,6-10H2,1-5H3/p+1/t11-,12+,14+/m0/s1. The molecule has 2 aliphatic rings. The highest BCUT2D eigenvalue weighted by Gasteiger charge is 2.61. The molecule has 0 unspecified atom stereocenters. The van der Waals surface area contributed by atoms with Crippen LogP contribution < -0.4 is 4.90 Å². The Morgan fingerprint density at radius 2 is 1.94 bits per heavy atom. The SMILES string of the molecule is C[NH+](C)CCO[C@@H]1C[C@@H]2CC[C@@]1(C)C2(C)C. The second-order valence-electron chi connectivity index (χ2n) is 6.93. The van der Waals surface area contributed by atoms with Gasteiger partial charge in [0.15, 0.2) is 0 Å². The zero-order valence-electron chi connectivity index (χ0n) is 11.6. The molecule has 3 atom stereocenters. The highest BCUT2D eigenvalue weighted by Crippen LogP contribution is 2.66. The predicted molar refractivity (Wildman–Crippen MR) is 66.6 cm³/mol. The van der Waals surface area contributed by atoms with E-state index >= 15 is 0 Å². The van der Waals surface area contributed by atoms with Crippen LogP contribution in [0.25, 0.3) is 0 Å². The molecule has 0 aliphatic heterocycles. The molecule has 0 heterocycles. The van der Waals surface area contributed by atoms with Crippen LogP contribution in [0.3, 0.4) is 0 Å². The van der Waals surface area contributed by atoms with E-state index in [1.165, 1.54) is 24.2 Å². The molecule has 0 saturated heterocycles. The van der Waals surface area contributed by atoms with Gasteiger partial charge in [-0.25, -0.2) is 0 Å². The minimum atomic E-state index is 0.430. The van der Waals surface area contributed by atoms with Crippen molar-refractivity contribution in [3.8, 4) is 0 Å². The molecule has 2 fully saturated rings. The van der Waals surface area contributed by atoms with Crippen LogP contribution in [-0.2, 0) is 4.74 Å². The smallest absolute Gasteiger partial charge is 0.100 e. The van der Waals surface area contributed by atoms with Crippen molar-refractivity contribution in [1.29, 1.82) is 0 Å². The van der Waals surface area contributed by atoms with Gasteiger partial charge in [-0.1, -0.05) is 20.8 Å². The van der Waals surface area contributed by atoms with E-state index in [-0.39, 0.29) is 0 Å². The lowest BCUT2D eigenvalue weighted by atomic mass is 9.70. The molecule has 2 aliphatic carbocycles. The summed E-state index contributed by atoms with van der Waals surface area (Å²) in [5.74, 6) is 0.897. The first-order chi connectivity index (χ1) is 7.38. The van der Waals surface area contributed by atoms with Gasteiger partial charge in [-0.15, -0.1) is 0 Å². The van der Waals surface area contributed by atoms with Crippen LogP contribution >= 0.6 is 0 Å². The van der Waals surface area contributed by atoms with Crippen molar-refractivity contribution >= 4 is 0 Å². The molecule has 2 nitrogen and oxygen atoms in total. The molecule has 0 aromatic carbocycles. The van der Waals surface area contributed by atoms with Crippen LogP contribution in [0.15, 0.2) is 0 Å². The summed E-state index contributed by atoms with van der Waals surface area (Å²) in [7, 11) is 4.38. The van der Waals surface area contributed by atoms with E-state index in [0.29, 0.717) is 16.9 Å². The monoisotopic (exact) mass is 226 g/mol. The Hall–Kier alpha value is -0.0800. The molecule has 0 aromatic heterocycles. The van der Waals surface area contributed by atoms with Crippen LogP contribution in [0.1, 0.15) is 40.0 Å². The second kappa shape index (κ2) is 3.99. The average Bonchev–Trinajstić information content (AvgIpc) is 2.49. The Bertz CT molecular complexity index is 261. The Kier molecular flexibility index (Phi) is 3.09. The average molecular weight is 226 g/mol. The van der Waals surface area contributed by atoms with Crippen molar-refractivity contribution in [2.75, 3.05) is 27.2 Å². The summed E-state index contributed by atoms with van der Waals surface area (Å²) in [5, 5.41) is 0. The quantitative estimate of drug-likeness (QED) is 0.764. The topological polar surface area (TPSA) is 13.7 Å². The van der Waals surface area contributed by atoms with E-state index in [1.807, 2.05) is 0 Å². The van der Waals surface area contributed by atoms with Crippen molar-refractivity contribution in [3.05, 3.63) is 0 Å². The molecule has 16 heavy (non-hydrogen) atoms. The Morgan fingerprint density at radius 3 is 2.38 bits per heavy atom. The van der Waals surface area contributed by atoms with Crippen LogP contribution in [0.5, 0.6) is 0 Å². The molecule has 0 radical (unpaired) electrons. The molecule has 0 spiro atoms. The van der Waals surface area contributed by atoms with Crippen LogP contribution in [0, 0.1) is 16.7 Å². The molecule has 94 valence electrons. The minimum Gasteiger partial charge on any atom is -0.372 e. The van der Waals surface area contributed by atoms with Crippen molar-refractivity contribution in [1.82, 2.24) is 0 Å². The first-order valence-corrected chi connectivity index (χ1v) is 6.78. The number of ether oxygens (including phenoxy) is 1. The largest absolute Gasteiger partial charge is 0.372 e. The van der Waals surface area contributed by atoms with Gasteiger partial charge >= 0.3 is 0 Å². The van der Waals surface area contributed by atoms with E-state index in [4.69, 9.17) is 4.74 Å². The van der Waals surface area contributed by atoms with Gasteiger partial charge in [0.05, 0.1) is 26.8 Å². The summed E-state index contributed by atoms with van der Waals surface area (Å²) in [6.45, 7) is 9.40. The van der Waals surface area contributed by atoms with Crippen molar-refractivity contribution in [2.45, 2.75) is 46.1 Å². The number of nitrogens with one attached hydrogen (secondary N) is 1. The van der Waals surface area contributed by atoms with E-state index in [1.54, 1.807) is 0 Å². The molecule has 0 aromatic rings. The van der Waals surface area contributed by atoms with Gasteiger partial charge in [0.25, 0.3) is 0 Å². The summed E-state index contributed by atoms with van der Waals surface area (Å²) in [5.41, 5.74) is 0.919. The van der Waals surface area contributed by atoms with Gasteiger partial charge in [-0.05, 0) is 36.0 Å². The third kappa shape index (κ3) is 1.70. The summed E-state index contributed by atoms with van der Waals surface area (Å²) in [6, 6.07) is 0. The lowest BCUT2D eigenvalue weighted by Gasteiger charge is -2.38. The van der Waals surface area contributed by atoms with E-state index in [0.717, 1.165) is 19.1 Å². The lowest BCUT2D eigenvalue weighted by Crippen LogP contribution is -3.06. The van der Waals surface area contributed by atoms with E-state index < -0.39 is 0 Å². The zero-order valence-corrected chi connectivity index (χ0v) is 11.6. The highest BCUT2D eigenvalue weighted by molar-refractivity contribution is 5.11. The van der Waals surface area contributed by atoms with Gasteiger partial charge in [-0.2, -0.15) is 0 Å². The maximum atomic E-state index is 6.17. The summed E-state index contributed by atoms with van der Waals surface area (Å²) in [6.07, 6.45) is 4.60. The maximum Gasteiger partial charge on any atom is 0.100 e. The van der Waals surface area contributed by atoms with Gasteiger partial charge in [0.1, 0.15) is 6.54 Å². The zero-order chi connectivity index (χ0) is 12.0. The van der Waals surface area contributed by atoms with Crippen molar-refractivity contribution in [2.24, 2.45) is 16.7 Å². The van der Waals surface area contributed by atoms with Crippen LogP contribution in [0.2, 0.25) is 0 Å². The summed E-state index contributed by atoms with van der Waals surface area (Å²) < 4.78 is 6.17. The number of likely N-dealkylation sites (N-methyl/N-ethyl adjacent to an activating group) is 1. The van der Waals surface area contributed by atoms with Crippen LogP contribution in [0.4, 0.5) is 0 Å². The van der Waals surface area contributed by atoms with Crippen molar-refractivity contribution in [3.63, 3.8) is 0 Å². The van der Waals surface area contributed by atoms with E-state index in [2.05, 4.69) is 34.9 Å². The molecular formula is C14H28NO+. The third-order valence-electron chi connectivity index (χ3n) is 5.64. The highest BCUT2D eigenvalue weighted by atomic mass is 16.5. The number of quaternary nitrogens is 1. The Labute approximate surface area is 100 Å². The Balaban J connectivity index is 1.94. The van der Waals surface area contributed by atoms with E-state index in [9.17, 15) is 0 Å². The molecular weight excluding hydrogens is 198 g/mol. The third-order valence-corrected chi connectivity index (χ3v) is 5.64. The van der Waals surface area contributed by atoms with Gasteiger partial charge in [-0.3, -0.25) is 0 Å². The number of hydrogen-bond donors (Lipinski definition) is 1. The molecule has 2 heteroatoms. The summed E-state index contributed by atoms with van der Waals surface area (Å²) in [4.78, 5) is 1.48. The first kappa shape index (κ1) is 12.4. The molecule has 2 bridgehead atoms. The van der Waals surface area contributed by atoms with Crippen LogP contribution in [-0.4, -0.2) is 33.4 Å². The minimum absolute atomic E-state index is 0.430. The molecule has 1 N–H and O–H groups in total. The van der Waals surface area contributed by atoms with Gasteiger partial charge < -0.3 is 9.64 Å². The summed E-state index contributed by atoms with van der Waals surface area (Å²) >= 11 is 0. The molecule has 0 amide bonds. The fourth-order valence-corrected chi connectivity index (χ4v) is 3.79. The molecule has 2 saturated carbocycles. The molecule has 2 rings (SSSR count). The number of rotatable bonds is 4. The maximum absolute atomic E-state index is 6.17. The van der Waals surface area contributed by atoms with Gasteiger partial charge in [0, 0.05) is 0 Å². The van der Waals surface area contributed by atoms with Gasteiger partial charge in [0.2, 0.25) is 0 Å². The second-order valence-corrected chi connectivity index (χ2v) is 6.93.